The van der Waals surface area contributed by atoms with Crippen LogP contribution in [0.4, 0.5) is 11.4 Å². The number of phosphoric acid groups is 1. The molecule has 174 valence electrons. The number of phenols is 1. The summed E-state index contributed by atoms with van der Waals surface area (Å²) in [5.74, 6) is -0.453. The highest BCUT2D eigenvalue weighted by Crippen LogP contribution is 2.41. The molecule has 0 radical (unpaired) electrons. The number of aryl methyl sites for hydroxylation is 1. The molecule has 0 fully saturated rings. The van der Waals surface area contributed by atoms with Crippen molar-refractivity contribution in [2.75, 3.05) is 0 Å². The van der Waals surface area contributed by atoms with E-state index >= 15 is 0 Å². The summed E-state index contributed by atoms with van der Waals surface area (Å²) in [6.07, 6.45) is 0.244. The van der Waals surface area contributed by atoms with E-state index in [2.05, 4.69) is 24.1 Å². The fraction of sp³-hybridized carbons (Fsp3) is 0.133. The third kappa shape index (κ3) is 6.88. The topological polar surface area (TPSA) is 222 Å². The van der Waals surface area contributed by atoms with E-state index in [1.165, 1.54) is 13.0 Å². The lowest BCUT2D eigenvalue weighted by molar-refractivity contribution is -0.432. The molecular weight excluding hydrogens is 495 g/mol. The first-order valence-electron chi connectivity index (χ1n) is 8.06. The summed E-state index contributed by atoms with van der Waals surface area (Å²) in [5.41, 5.74) is -0.492. The van der Waals surface area contributed by atoms with Crippen LogP contribution in [0, 0.1) is 6.92 Å². The van der Waals surface area contributed by atoms with E-state index in [0.29, 0.717) is 12.0 Å². The summed E-state index contributed by atoms with van der Waals surface area (Å²) in [6.45, 7) is 0.634. The molecule has 0 amide bonds. The quantitative estimate of drug-likeness (QED) is 0.0590. The number of hydrogen-bond acceptors (Lipinski definition) is 12. The van der Waals surface area contributed by atoms with Crippen LogP contribution in [0.5, 0.6) is 5.75 Å². The summed E-state index contributed by atoms with van der Waals surface area (Å²) >= 11 is 0.318. The van der Waals surface area contributed by atoms with Gasteiger partial charge in [-0.05, 0) is 36.8 Å². The molecule has 0 aromatic heterocycles. The zero-order chi connectivity index (χ0) is 24.1. The van der Waals surface area contributed by atoms with Crippen molar-refractivity contribution < 1.29 is 56.4 Å². The predicted octanol–water partition coefficient (Wildman–Crippen LogP) is 3.21. The molecule has 0 saturated carbocycles. The summed E-state index contributed by atoms with van der Waals surface area (Å²) in [4.78, 5) is 28.7. The second kappa shape index (κ2) is 10.6. The number of phosphoric ester groups is 1. The fourth-order valence-corrected chi connectivity index (χ4v) is 3.69. The zero-order valence-corrected chi connectivity index (χ0v) is 18.4. The van der Waals surface area contributed by atoms with Crippen molar-refractivity contribution in [3.63, 3.8) is 0 Å². The van der Waals surface area contributed by atoms with Gasteiger partial charge in [0, 0.05) is 5.56 Å². The van der Waals surface area contributed by atoms with Gasteiger partial charge in [-0.25, -0.2) is 9.82 Å². The number of carbonyl (C=O) groups is 1. The molecule has 14 nitrogen and oxygen atoms in total. The Labute approximate surface area is 184 Å². The van der Waals surface area contributed by atoms with Crippen LogP contribution >= 0.6 is 19.9 Å². The minimum atomic E-state index is -4.94. The van der Waals surface area contributed by atoms with Crippen molar-refractivity contribution in [3.8, 4) is 5.75 Å². The lowest BCUT2D eigenvalue weighted by Gasteiger charge is -2.13. The number of nitrogens with zero attached hydrogens (tertiary/aromatic N) is 2. The smallest absolute Gasteiger partial charge is 0.469 e. The lowest BCUT2D eigenvalue weighted by Crippen LogP contribution is -1.99. The van der Waals surface area contributed by atoms with Gasteiger partial charge in [-0.3, -0.25) is 13.9 Å². The van der Waals surface area contributed by atoms with Gasteiger partial charge in [0.15, 0.2) is 6.29 Å². The Morgan fingerprint density at radius 2 is 1.84 bits per heavy atom. The van der Waals surface area contributed by atoms with Crippen molar-refractivity contribution in [1.29, 1.82) is 0 Å². The molecule has 17 heteroatoms. The predicted molar refractivity (Wildman–Crippen MR) is 106 cm³/mol. The van der Waals surface area contributed by atoms with Crippen molar-refractivity contribution in [1.82, 2.24) is 0 Å². The van der Waals surface area contributed by atoms with E-state index < -0.39 is 35.2 Å². The van der Waals surface area contributed by atoms with Gasteiger partial charge in [0.05, 0.1) is 39.7 Å². The van der Waals surface area contributed by atoms with E-state index in [9.17, 15) is 22.9 Å². The van der Waals surface area contributed by atoms with E-state index in [4.69, 9.17) is 19.6 Å². The molecule has 2 aromatic carbocycles. The van der Waals surface area contributed by atoms with Crippen molar-refractivity contribution in [2.24, 2.45) is 10.2 Å². The Kier molecular flexibility index (Phi) is 8.60. The maximum absolute atomic E-state index is 11.4. The number of phenolic OH excluding ortho intramolecular Hbond substituents is 1. The van der Waals surface area contributed by atoms with Gasteiger partial charge in [-0.1, -0.05) is 5.04 Å². The highest BCUT2D eigenvalue weighted by atomic mass is 32.2. The molecule has 0 heterocycles. The first-order chi connectivity index (χ1) is 14.9. The molecule has 0 aliphatic carbocycles. The van der Waals surface area contributed by atoms with Crippen LogP contribution in [0.1, 0.15) is 21.5 Å². The Balaban J connectivity index is 2.57. The molecule has 0 unspecified atom stereocenters. The number of azo groups is 1. The SMILES string of the molecule is Cc1cc(/N=N/c2ccc(S(=O)(=O)O)cc2SOOO)c(COP(=O)(O)O)c(C=O)c1O. The first kappa shape index (κ1) is 26.0. The average Bonchev–Trinajstić information content (AvgIpc) is 2.70. The molecule has 5 N–H and O–H groups in total. The number of aromatic hydroxyl groups is 1. The van der Waals surface area contributed by atoms with Crippen LogP contribution in [-0.2, 0) is 35.2 Å². The fourth-order valence-electron chi connectivity index (χ4n) is 2.33. The number of benzene rings is 2. The minimum Gasteiger partial charge on any atom is -0.507 e. The Morgan fingerprint density at radius 1 is 1.19 bits per heavy atom. The Bertz CT molecular complexity index is 1200. The molecule has 0 aliphatic rings. The van der Waals surface area contributed by atoms with Crippen LogP contribution < -0.4 is 0 Å². The van der Waals surface area contributed by atoms with Gasteiger partial charge < -0.3 is 14.9 Å². The van der Waals surface area contributed by atoms with Gasteiger partial charge in [0.25, 0.3) is 10.1 Å². The molecule has 0 saturated heterocycles. The highest BCUT2D eigenvalue weighted by molar-refractivity contribution is 7.94. The van der Waals surface area contributed by atoms with Gasteiger partial charge in [0.2, 0.25) is 0 Å². The monoisotopic (exact) mass is 510 g/mol. The molecule has 0 spiro atoms. The summed E-state index contributed by atoms with van der Waals surface area (Å²) in [6, 6.07) is 4.31. The molecule has 0 aliphatic heterocycles. The van der Waals surface area contributed by atoms with Gasteiger partial charge in [0.1, 0.15) is 11.4 Å². The molecule has 32 heavy (non-hydrogen) atoms. The second-order valence-electron chi connectivity index (χ2n) is 5.87. The molecule has 2 aromatic rings. The molecule has 0 bridgehead atoms. The summed E-state index contributed by atoms with van der Waals surface area (Å²) in [7, 11) is -9.52. The van der Waals surface area contributed by atoms with Crippen LogP contribution in [0.2, 0.25) is 0 Å². The highest BCUT2D eigenvalue weighted by Gasteiger charge is 2.21. The maximum Gasteiger partial charge on any atom is 0.469 e. The number of rotatable bonds is 10. The van der Waals surface area contributed by atoms with Crippen molar-refractivity contribution >= 4 is 47.6 Å². The summed E-state index contributed by atoms with van der Waals surface area (Å²) in [5, 5.41) is 29.6. The van der Waals surface area contributed by atoms with Crippen molar-refractivity contribution in [2.45, 2.75) is 23.3 Å². The first-order valence-corrected chi connectivity index (χ1v) is 11.8. The third-order valence-electron chi connectivity index (χ3n) is 3.76. The van der Waals surface area contributed by atoms with E-state index in [1.54, 1.807) is 0 Å². The van der Waals surface area contributed by atoms with Crippen LogP contribution in [0.15, 0.2) is 44.3 Å². The van der Waals surface area contributed by atoms with E-state index in [1.807, 2.05) is 0 Å². The van der Waals surface area contributed by atoms with E-state index in [-0.39, 0.29) is 39.2 Å². The third-order valence-corrected chi connectivity index (χ3v) is 5.71. The number of hydrogen-bond donors (Lipinski definition) is 5. The Hall–Kier alpha value is -2.24. The maximum atomic E-state index is 11.4. The van der Waals surface area contributed by atoms with Gasteiger partial charge in [-0.15, -0.1) is 9.45 Å². The van der Waals surface area contributed by atoms with Crippen LogP contribution in [-0.4, -0.2) is 39.4 Å². The van der Waals surface area contributed by atoms with Crippen molar-refractivity contribution in [3.05, 3.63) is 41.0 Å². The molecule has 0 atom stereocenters. The standard InChI is InChI=1S/C15H15N2O12PS2/c1-8-4-13(11(7-27-30(21,22)23)10(6-18)15(8)19)17-16-12-3-2-9(32(24,25)26)5-14(12)31-29-28-20/h2-6,19-20H,7H2,1H3,(H2,21,22,23)(H,24,25,26)/b17-16+. The molecule has 2 rings (SSSR count). The molecular formula is C15H15N2O12PS2. The van der Waals surface area contributed by atoms with Crippen LogP contribution in [0.3, 0.4) is 0 Å². The van der Waals surface area contributed by atoms with Gasteiger partial charge >= 0.3 is 7.82 Å². The number of aldehydes is 1. The zero-order valence-electron chi connectivity index (χ0n) is 15.8. The second-order valence-corrected chi connectivity index (χ2v) is 9.27. The number of carbonyl (C=O) groups excluding carboxylic acids is 1. The largest absolute Gasteiger partial charge is 0.507 e. The Morgan fingerprint density at radius 3 is 2.41 bits per heavy atom. The average molecular weight is 510 g/mol. The minimum absolute atomic E-state index is 0.0558. The van der Waals surface area contributed by atoms with Gasteiger partial charge in [-0.2, -0.15) is 13.5 Å². The van der Waals surface area contributed by atoms with E-state index in [0.717, 1.165) is 18.2 Å². The normalized spacial score (nSPS) is 12.4. The summed E-state index contributed by atoms with van der Waals surface area (Å²) < 4.78 is 51.5. The van der Waals surface area contributed by atoms with Crippen LogP contribution in [0.25, 0.3) is 0 Å². The lowest BCUT2D eigenvalue weighted by atomic mass is 10.0.